The monoisotopic (exact) mass is 415 g/mol. The van der Waals surface area contributed by atoms with E-state index >= 15 is 0 Å². The molecule has 0 spiro atoms. The fourth-order valence-electron chi connectivity index (χ4n) is 2.80. The molecule has 0 radical (unpaired) electrons. The average Bonchev–Trinajstić information content (AvgIpc) is 2.76. The highest BCUT2D eigenvalue weighted by Crippen LogP contribution is 2.24. The van der Waals surface area contributed by atoms with E-state index in [4.69, 9.17) is 16.3 Å². The third-order valence-corrected chi connectivity index (χ3v) is 4.61. The summed E-state index contributed by atoms with van der Waals surface area (Å²) in [5.74, 6) is 1.23. The fourth-order valence-corrected chi connectivity index (χ4v) is 2.92. The van der Waals surface area contributed by atoms with Crippen molar-refractivity contribution in [3.8, 4) is 23.0 Å². The number of nitrogens with one attached hydrogen (secondary N) is 1. The third-order valence-electron chi connectivity index (χ3n) is 4.36. The van der Waals surface area contributed by atoms with Gasteiger partial charge in [-0.15, -0.1) is 0 Å². The van der Waals surface area contributed by atoms with E-state index in [0.29, 0.717) is 33.7 Å². The molecule has 0 aliphatic carbocycles. The molecule has 148 valence electrons. The first-order valence-electron chi connectivity index (χ1n) is 9.32. The van der Waals surface area contributed by atoms with Crippen LogP contribution in [-0.2, 0) is 0 Å². The van der Waals surface area contributed by atoms with Crippen LogP contribution >= 0.6 is 11.6 Å². The van der Waals surface area contributed by atoms with Gasteiger partial charge in [0.25, 0.3) is 5.91 Å². The maximum absolute atomic E-state index is 12.5. The Kier molecular flexibility index (Phi) is 5.72. The van der Waals surface area contributed by atoms with Gasteiger partial charge in [0.05, 0.1) is 0 Å². The molecule has 1 N–H and O–H groups in total. The standard InChI is InChI=1S/C24H18ClN3O2/c1-16-5-7-17(8-6-16)23-26-14-13-22(28-23)30-21-4-2-3-18(15-21)24(29)27-20-11-9-19(25)10-12-20/h2-15H,1H3,(H,27,29). The summed E-state index contributed by atoms with van der Waals surface area (Å²) < 4.78 is 5.87. The summed E-state index contributed by atoms with van der Waals surface area (Å²) in [6.07, 6.45) is 1.65. The number of ether oxygens (including phenoxy) is 1. The number of benzene rings is 3. The summed E-state index contributed by atoms with van der Waals surface area (Å²) in [5, 5.41) is 3.44. The molecule has 1 aromatic heterocycles. The van der Waals surface area contributed by atoms with Gasteiger partial charge in [-0.1, -0.05) is 47.5 Å². The molecule has 0 unspecified atom stereocenters. The van der Waals surface area contributed by atoms with Crippen molar-refractivity contribution >= 4 is 23.2 Å². The van der Waals surface area contributed by atoms with E-state index in [2.05, 4.69) is 15.3 Å². The van der Waals surface area contributed by atoms with Gasteiger partial charge in [0.15, 0.2) is 5.82 Å². The SMILES string of the molecule is Cc1ccc(-c2nccc(Oc3cccc(C(=O)Nc4ccc(Cl)cc4)c3)n2)cc1. The van der Waals surface area contributed by atoms with Crippen LogP contribution in [0.5, 0.6) is 11.6 Å². The van der Waals surface area contributed by atoms with Crippen molar-refractivity contribution < 1.29 is 9.53 Å². The number of aryl methyl sites for hydroxylation is 1. The van der Waals surface area contributed by atoms with Crippen molar-refractivity contribution in [3.63, 3.8) is 0 Å². The van der Waals surface area contributed by atoms with Gasteiger partial charge in [0.1, 0.15) is 5.75 Å². The van der Waals surface area contributed by atoms with Crippen LogP contribution in [0.3, 0.4) is 0 Å². The lowest BCUT2D eigenvalue weighted by atomic mass is 10.1. The minimum atomic E-state index is -0.245. The number of hydrogen-bond acceptors (Lipinski definition) is 4. The summed E-state index contributed by atoms with van der Waals surface area (Å²) in [5.41, 5.74) is 3.20. The van der Waals surface area contributed by atoms with Crippen LogP contribution in [0.2, 0.25) is 5.02 Å². The molecule has 5 nitrogen and oxygen atoms in total. The molecule has 6 heteroatoms. The number of aromatic nitrogens is 2. The molecule has 30 heavy (non-hydrogen) atoms. The van der Waals surface area contributed by atoms with E-state index in [1.807, 2.05) is 31.2 Å². The van der Waals surface area contributed by atoms with Crippen LogP contribution in [0, 0.1) is 6.92 Å². The van der Waals surface area contributed by atoms with E-state index < -0.39 is 0 Å². The molecular formula is C24H18ClN3O2. The van der Waals surface area contributed by atoms with Crippen LogP contribution in [0.4, 0.5) is 5.69 Å². The summed E-state index contributed by atoms with van der Waals surface area (Å²) in [7, 11) is 0. The van der Waals surface area contributed by atoms with Gasteiger partial charge >= 0.3 is 0 Å². The second kappa shape index (κ2) is 8.76. The van der Waals surface area contributed by atoms with E-state index in [9.17, 15) is 4.79 Å². The Balaban J connectivity index is 1.50. The molecular weight excluding hydrogens is 398 g/mol. The van der Waals surface area contributed by atoms with Crippen molar-refractivity contribution in [1.82, 2.24) is 9.97 Å². The number of rotatable bonds is 5. The van der Waals surface area contributed by atoms with Crippen molar-refractivity contribution in [3.05, 3.63) is 101 Å². The molecule has 1 heterocycles. The fraction of sp³-hybridized carbons (Fsp3) is 0.0417. The molecule has 0 aliphatic rings. The lowest BCUT2D eigenvalue weighted by Crippen LogP contribution is -2.11. The molecule has 0 bridgehead atoms. The zero-order valence-electron chi connectivity index (χ0n) is 16.2. The largest absolute Gasteiger partial charge is 0.439 e. The Morgan fingerprint density at radius 1 is 0.967 bits per heavy atom. The van der Waals surface area contributed by atoms with E-state index in [1.165, 1.54) is 5.56 Å². The van der Waals surface area contributed by atoms with Crippen LogP contribution in [0.25, 0.3) is 11.4 Å². The molecule has 4 rings (SSSR count). The Hall–Kier alpha value is -3.70. The average molecular weight is 416 g/mol. The molecule has 0 fully saturated rings. The number of carbonyl (C=O) groups is 1. The molecule has 3 aromatic carbocycles. The summed E-state index contributed by atoms with van der Waals surface area (Å²) in [4.78, 5) is 21.3. The number of anilines is 1. The Bertz CT molecular complexity index is 1180. The highest BCUT2D eigenvalue weighted by Gasteiger charge is 2.09. The Morgan fingerprint density at radius 2 is 1.73 bits per heavy atom. The smallest absolute Gasteiger partial charge is 0.255 e. The van der Waals surface area contributed by atoms with Gasteiger partial charge in [-0.05, 0) is 49.4 Å². The molecule has 0 atom stereocenters. The Morgan fingerprint density at radius 3 is 2.50 bits per heavy atom. The lowest BCUT2D eigenvalue weighted by molar-refractivity contribution is 0.102. The van der Waals surface area contributed by atoms with Crippen molar-refractivity contribution in [2.24, 2.45) is 0 Å². The molecule has 0 saturated carbocycles. The summed E-state index contributed by atoms with van der Waals surface area (Å²) in [6.45, 7) is 2.03. The van der Waals surface area contributed by atoms with Crippen LogP contribution in [-0.4, -0.2) is 15.9 Å². The normalized spacial score (nSPS) is 10.5. The number of carbonyl (C=O) groups excluding carboxylic acids is 1. The van der Waals surface area contributed by atoms with Crippen LogP contribution in [0.1, 0.15) is 15.9 Å². The lowest BCUT2D eigenvalue weighted by Gasteiger charge is -2.09. The van der Waals surface area contributed by atoms with Crippen molar-refractivity contribution in [1.29, 1.82) is 0 Å². The maximum Gasteiger partial charge on any atom is 0.255 e. The predicted octanol–water partition coefficient (Wildman–Crippen LogP) is 6.15. The molecule has 4 aromatic rings. The molecule has 1 amide bonds. The van der Waals surface area contributed by atoms with Crippen LogP contribution in [0.15, 0.2) is 85.1 Å². The molecule has 0 saturated heterocycles. The van der Waals surface area contributed by atoms with E-state index in [0.717, 1.165) is 5.56 Å². The number of hydrogen-bond donors (Lipinski definition) is 1. The highest BCUT2D eigenvalue weighted by atomic mass is 35.5. The van der Waals surface area contributed by atoms with Gasteiger partial charge in [-0.3, -0.25) is 4.79 Å². The molecule has 0 aliphatic heterocycles. The quantitative estimate of drug-likeness (QED) is 0.424. The second-order valence-corrected chi connectivity index (χ2v) is 7.11. The summed E-state index contributed by atoms with van der Waals surface area (Å²) in [6, 6.07) is 23.5. The van der Waals surface area contributed by atoms with Gasteiger partial charge in [0.2, 0.25) is 5.88 Å². The number of amides is 1. The first-order valence-corrected chi connectivity index (χ1v) is 9.69. The van der Waals surface area contributed by atoms with E-state index in [-0.39, 0.29) is 5.91 Å². The first-order chi connectivity index (χ1) is 14.6. The summed E-state index contributed by atoms with van der Waals surface area (Å²) >= 11 is 5.88. The zero-order chi connectivity index (χ0) is 20.9. The second-order valence-electron chi connectivity index (χ2n) is 6.68. The minimum absolute atomic E-state index is 0.245. The number of halogens is 1. The third kappa shape index (κ3) is 4.82. The van der Waals surface area contributed by atoms with Gasteiger partial charge in [0, 0.05) is 34.1 Å². The van der Waals surface area contributed by atoms with Gasteiger partial charge in [-0.25, -0.2) is 4.98 Å². The zero-order valence-corrected chi connectivity index (χ0v) is 16.9. The Labute approximate surface area is 179 Å². The van der Waals surface area contributed by atoms with Crippen molar-refractivity contribution in [2.75, 3.05) is 5.32 Å². The van der Waals surface area contributed by atoms with E-state index in [1.54, 1.807) is 60.8 Å². The first kappa shape index (κ1) is 19.6. The predicted molar refractivity (Wildman–Crippen MR) is 118 cm³/mol. The topological polar surface area (TPSA) is 64.1 Å². The minimum Gasteiger partial charge on any atom is -0.439 e. The maximum atomic E-state index is 12.5. The van der Waals surface area contributed by atoms with Gasteiger partial charge in [-0.2, -0.15) is 4.98 Å². The van der Waals surface area contributed by atoms with Gasteiger partial charge < -0.3 is 10.1 Å². The van der Waals surface area contributed by atoms with Crippen LogP contribution < -0.4 is 10.1 Å². The number of nitrogens with zero attached hydrogens (tertiary/aromatic N) is 2. The highest BCUT2D eigenvalue weighted by molar-refractivity contribution is 6.30. The van der Waals surface area contributed by atoms with Crippen molar-refractivity contribution in [2.45, 2.75) is 6.92 Å².